The first-order valence-corrected chi connectivity index (χ1v) is 24.6. The van der Waals surface area contributed by atoms with Crippen LogP contribution in [0.3, 0.4) is 0 Å². The fourth-order valence-corrected chi connectivity index (χ4v) is 10.6. The van der Waals surface area contributed by atoms with Crippen LogP contribution >= 0.6 is 0 Å². The van der Waals surface area contributed by atoms with Gasteiger partial charge >= 0.3 is 0 Å². The second-order valence-electron chi connectivity index (χ2n) is 18.2. The molecule has 0 saturated heterocycles. The quantitative estimate of drug-likeness (QED) is 0.151. The van der Waals surface area contributed by atoms with Crippen LogP contribution in [0.25, 0.3) is 76.5 Å². The zero-order chi connectivity index (χ0) is 47.8. The zero-order valence-electron chi connectivity index (χ0n) is 39.5. The van der Waals surface area contributed by atoms with E-state index in [9.17, 15) is 0 Å². The van der Waals surface area contributed by atoms with Gasteiger partial charge < -0.3 is 18.9 Å². The van der Waals surface area contributed by atoms with E-state index in [0.717, 1.165) is 34.1 Å². The first kappa shape index (κ1) is 42.5. The van der Waals surface area contributed by atoms with Gasteiger partial charge in [0.05, 0.1) is 22.1 Å². The molecule has 340 valence electrons. The Morgan fingerprint density at radius 3 is 0.750 bits per heavy atom. The summed E-state index contributed by atoms with van der Waals surface area (Å²) in [5, 5.41) is 10.0. The Kier molecular flexibility index (Phi) is 10.8. The molecule has 4 nitrogen and oxygen atoms in total. The predicted molar refractivity (Wildman–Crippen MR) is 306 cm³/mol. The van der Waals surface area contributed by atoms with E-state index in [1.807, 2.05) is 0 Å². The Morgan fingerprint density at radius 1 is 0.194 bits per heavy atom. The molecule has 14 rings (SSSR count). The summed E-state index contributed by atoms with van der Waals surface area (Å²) in [4.78, 5) is 4.61. The Morgan fingerprint density at radius 2 is 0.444 bits per heavy atom. The molecule has 0 spiro atoms. The Bertz CT molecular complexity index is 3760. The molecule has 0 radical (unpaired) electrons. The maximum Gasteiger partial charge on any atom is 0.0541 e. The van der Waals surface area contributed by atoms with Crippen molar-refractivity contribution in [2.45, 2.75) is 0 Å². The van der Waals surface area contributed by atoms with Gasteiger partial charge in [0.1, 0.15) is 0 Å². The summed E-state index contributed by atoms with van der Waals surface area (Å²) in [6.45, 7) is 0. The maximum absolute atomic E-state index is 2.37. The summed E-state index contributed by atoms with van der Waals surface area (Å²) < 4.78 is 4.75. The lowest BCUT2D eigenvalue weighted by Crippen LogP contribution is -2.09. The number of hydrogen-bond donors (Lipinski definition) is 0. The van der Waals surface area contributed by atoms with Crippen molar-refractivity contribution < 1.29 is 0 Å². The summed E-state index contributed by atoms with van der Waals surface area (Å²) in [5.41, 5.74) is 14.1. The monoisotopic (exact) mass is 920 g/mol. The molecule has 2 aromatic heterocycles. The van der Waals surface area contributed by atoms with Gasteiger partial charge in [-0.3, -0.25) is 0 Å². The normalized spacial score (nSPS) is 11.3. The minimum atomic E-state index is 1.14. The van der Waals surface area contributed by atoms with Crippen LogP contribution in [-0.4, -0.2) is 9.13 Å². The van der Waals surface area contributed by atoms with Gasteiger partial charge in [-0.15, -0.1) is 0 Å². The molecule has 0 atom stereocenters. The summed E-state index contributed by atoms with van der Waals surface area (Å²) in [5.74, 6) is 0. The molecular weight excluding hydrogens is 873 g/mol. The highest BCUT2D eigenvalue weighted by molar-refractivity contribution is 6.10. The lowest BCUT2D eigenvalue weighted by atomic mass is 10.1. The molecular formula is C68H48N4. The first-order chi connectivity index (χ1) is 35.7. The third kappa shape index (κ3) is 7.68. The van der Waals surface area contributed by atoms with Crippen LogP contribution in [0.5, 0.6) is 0 Å². The van der Waals surface area contributed by atoms with E-state index in [0.29, 0.717) is 0 Å². The first-order valence-electron chi connectivity index (χ1n) is 24.6. The average Bonchev–Trinajstić information content (AvgIpc) is 3.97. The summed E-state index contributed by atoms with van der Waals surface area (Å²) in [6, 6.07) is 104. The highest BCUT2D eigenvalue weighted by Crippen LogP contribution is 2.40. The lowest BCUT2D eigenvalue weighted by Gasteiger charge is -2.25. The zero-order valence-corrected chi connectivity index (χ0v) is 39.5. The Labute approximate surface area is 418 Å². The predicted octanol–water partition coefficient (Wildman–Crippen LogP) is 18.8. The van der Waals surface area contributed by atoms with Crippen molar-refractivity contribution in [3.63, 3.8) is 0 Å². The summed E-state index contributed by atoms with van der Waals surface area (Å²) >= 11 is 0. The van der Waals surface area contributed by atoms with Crippen molar-refractivity contribution >= 4 is 99.3 Å². The highest BCUT2D eigenvalue weighted by Gasteiger charge is 2.17. The van der Waals surface area contributed by atoms with Crippen LogP contribution in [0.1, 0.15) is 0 Å². The van der Waals surface area contributed by atoms with E-state index in [4.69, 9.17) is 0 Å². The van der Waals surface area contributed by atoms with Crippen molar-refractivity contribution in [3.8, 4) is 11.4 Å². The Hall–Kier alpha value is -9.64. The summed E-state index contributed by atoms with van der Waals surface area (Å²) in [7, 11) is 0. The molecule has 0 unspecified atom stereocenters. The van der Waals surface area contributed by atoms with Crippen LogP contribution in [0.4, 0.5) is 34.1 Å². The van der Waals surface area contributed by atoms with E-state index in [-0.39, 0.29) is 0 Å². The molecule has 0 aliphatic rings. The maximum atomic E-state index is 2.37. The number of anilines is 6. The van der Waals surface area contributed by atoms with Gasteiger partial charge in [0.2, 0.25) is 0 Å². The van der Waals surface area contributed by atoms with Crippen molar-refractivity contribution in [3.05, 3.63) is 291 Å². The van der Waals surface area contributed by atoms with Crippen molar-refractivity contribution in [2.24, 2.45) is 0 Å². The molecule has 0 aliphatic heterocycles. The van der Waals surface area contributed by atoms with Crippen LogP contribution in [-0.2, 0) is 0 Å². The molecule has 0 aliphatic carbocycles. The van der Waals surface area contributed by atoms with Crippen molar-refractivity contribution in [2.75, 3.05) is 9.80 Å². The molecule has 72 heavy (non-hydrogen) atoms. The fourth-order valence-electron chi connectivity index (χ4n) is 10.6. The molecule has 0 N–H and O–H groups in total. The van der Waals surface area contributed by atoms with Crippen LogP contribution in [0.15, 0.2) is 291 Å². The van der Waals surface area contributed by atoms with Gasteiger partial charge in [-0.25, -0.2) is 0 Å². The van der Waals surface area contributed by atoms with Crippen LogP contribution in [0.2, 0.25) is 0 Å². The van der Waals surface area contributed by atoms with Gasteiger partial charge in [-0.1, -0.05) is 170 Å². The topological polar surface area (TPSA) is 16.3 Å². The minimum Gasteiger partial charge on any atom is -0.310 e. The van der Waals surface area contributed by atoms with Crippen molar-refractivity contribution in [1.29, 1.82) is 0 Å². The van der Waals surface area contributed by atoms with Gasteiger partial charge in [-0.2, -0.15) is 0 Å². The van der Waals surface area contributed by atoms with Crippen LogP contribution < -0.4 is 9.80 Å². The SMILES string of the molecule is c1ccc(N(c2ccccc2)c2ccc3cc(-n4c5ccccc5c5ccccc54)ccc3c2)cc1.c1ccc(N(c2ccccc2)c2ccc3cc(-n4c5ccccc5c5ccccc54)ccc3c2)cc1. The number of nitrogens with zero attached hydrogens (tertiary/aromatic N) is 4. The fraction of sp³-hybridized carbons (Fsp3) is 0. The summed E-state index contributed by atoms with van der Waals surface area (Å²) in [6.07, 6.45) is 0. The minimum absolute atomic E-state index is 1.14. The third-order valence-corrected chi connectivity index (χ3v) is 13.9. The largest absolute Gasteiger partial charge is 0.310 e. The molecule has 0 saturated carbocycles. The average molecular weight is 921 g/mol. The van der Waals surface area contributed by atoms with Gasteiger partial charge in [0.15, 0.2) is 0 Å². The van der Waals surface area contributed by atoms with E-state index in [1.165, 1.54) is 76.5 Å². The number of aromatic nitrogens is 2. The number of hydrogen-bond acceptors (Lipinski definition) is 2. The number of para-hydroxylation sites is 8. The van der Waals surface area contributed by atoms with Gasteiger partial charge in [0.25, 0.3) is 0 Å². The molecule has 4 heteroatoms. The highest BCUT2D eigenvalue weighted by atomic mass is 15.1. The van der Waals surface area contributed by atoms with E-state index < -0.39 is 0 Å². The second-order valence-corrected chi connectivity index (χ2v) is 18.2. The number of rotatable bonds is 8. The smallest absolute Gasteiger partial charge is 0.0541 e. The van der Waals surface area contributed by atoms with E-state index >= 15 is 0 Å². The molecule has 12 aromatic carbocycles. The standard InChI is InChI=1S/2C34H24N2/c2*1-3-11-27(12-4-1)35(28-13-5-2-6-14-28)29-21-19-26-24-30(22-20-25(26)23-29)36-33-17-9-7-15-31(33)32-16-8-10-18-34(32)36/h2*1-24H. The molecule has 0 amide bonds. The Balaban J connectivity index is 0.000000140. The number of benzene rings is 12. The molecule has 0 fully saturated rings. The van der Waals surface area contributed by atoms with Crippen molar-refractivity contribution in [1.82, 2.24) is 9.13 Å². The second kappa shape index (κ2) is 18.4. The van der Waals surface area contributed by atoms with Gasteiger partial charge in [-0.05, 0) is 143 Å². The molecule has 2 heterocycles. The molecule has 0 bridgehead atoms. The van der Waals surface area contributed by atoms with E-state index in [2.05, 4.69) is 310 Å². The third-order valence-electron chi connectivity index (χ3n) is 13.9. The number of fused-ring (bicyclic) bond motifs is 8. The van der Waals surface area contributed by atoms with Gasteiger partial charge in [0, 0.05) is 67.0 Å². The van der Waals surface area contributed by atoms with Crippen LogP contribution in [0, 0.1) is 0 Å². The molecule has 14 aromatic rings. The lowest BCUT2D eigenvalue weighted by molar-refractivity contribution is 1.19. The van der Waals surface area contributed by atoms with E-state index in [1.54, 1.807) is 0 Å².